The van der Waals surface area contributed by atoms with E-state index in [-0.39, 0.29) is 23.5 Å². The summed E-state index contributed by atoms with van der Waals surface area (Å²) in [7, 11) is 0. The average Bonchev–Trinajstić information content (AvgIpc) is 3.24. The zero-order chi connectivity index (χ0) is 22.5. The minimum atomic E-state index is -0.589. The van der Waals surface area contributed by atoms with Gasteiger partial charge in [0, 0.05) is 42.7 Å². The Morgan fingerprint density at radius 3 is 2.69 bits per heavy atom. The molecule has 0 bridgehead atoms. The standard InChI is InChI=1S/C22H22N4O5S/c27-20-6-5-18(26(29)30)12-19(20)24-21(28)11-17-14-32-22(23-17)16-3-1-15(2-4-16)13-25-7-9-31-10-8-25/h1-6,12,14,27H,7-11,13H2,(H,24,28). The van der Waals surface area contributed by atoms with Crippen LogP contribution in [0.5, 0.6) is 5.75 Å². The number of nitrogens with zero attached hydrogens (tertiary/aromatic N) is 3. The van der Waals surface area contributed by atoms with Crippen molar-refractivity contribution in [3.63, 3.8) is 0 Å². The van der Waals surface area contributed by atoms with Gasteiger partial charge in [-0.05, 0) is 11.6 Å². The number of non-ortho nitro benzene ring substituents is 1. The first-order valence-electron chi connectivity index (χ1n) is 10.1. The van der Waals surface area contributed by atoms with E-state index in [0.29, 0.717) is 5.69 Å². The highest BCUT2D eigenvalue weighted by atomic mass is 32.1. The lowest BCUT2D eigenvalue weighted by Gasteiger charge is -2.26. The molecule has 0 atom stereocenters. The normalized spacial score (nSPS) is 14.2. The molecule has 0 radical (unpaired) electrons. The number of carbonyl (C=O) groups is 1. The molecule has 0 spiro atoms. The second-order valence-corrected chi connectivity index (χ2v) is 8.27. The molecule has 1 amide bonds. The Morgan fingerprint density at radius 2 is 1.97 bits per heavy atom. The van der Waals surface area contributed by atoms with Crippen LogP contribution in [0.4, 0.5) is 11.4 Å². The summed E-state index contributed by atoms with van der Waals surface area (Å²) in [6, 6.07) is 11.7. The van der Waals surface area contributed by atoms with Crippen molar-refractivity contribution in [2.75, 3.05) is 31.6 Å². The van der Waals surface area contributed by atoms with Crippen LogP contribution in [0.3, 0.4) is 0 Å². The summed E-state index contributed by atoms with van der Waals surface area (Å²) < 4.78 is 5.38. The third kappa shape index (κ3) is 5.47. The van der Waals surface area contributed by atoms with Gasteiger partial charge in [-0.25, -0.2) is 4.98 Å². The van der Waals surface area contributed by atoms with Gasteiger partial charge < -0.3 is 15.2 Å². The Balaban J connectivity index is 1.37. The molecule has 4 rings (SSSR count). The molecule has 1 aromatic heterocycles. The van der Waals surface area contributed by atoms with Crippen LogP contribution >= 0.6 is 11.3 Å². The number of nitrogens with one attached hydrogen (secondary N) is 1. The van der Waals surface area contributed by atoms with Crippen molar-refractivity contribution in [2.24, 2.45) is 0 Å². The van der Waals surface area contributed by atoms with Gasteiger partial charge in [-0.2, -0.15) is 0 Å². The van der Waals surface area contributed by atoms with Gasteiger partial charge in [0.25, 0.3) is 5.69 Å². The lowest BCUT2D eigenvalue weighted by molar-refractivity contribution is -0.384. The fourth-order valence-electron chi connectivity index (χ4n) is 3.39. The van der Waals surface area contributed by atoms with Gasteiger partial charge >= 0.3 is 0 Å². The van der Waals surface area contributed by atoms with Gasteiger partial charge in [-0.1, -0.05) is 24.3 Å². The summed E-state index contributed by atoms with van der Waals surface area (Å²) in [6.07, 6.45) is -0.00620. The van der Waals surface area contributed by atoms with Gasteiger partial charge in [0.05, 0.1) is 35.9 Å². The molecule has 2 N–H and O–H groups in total. The predicted molar refractivity (Wildman–Crippen MR) is 121 cm³/mol. The van der Waals surface area contributed by atoms with Crippen molar-refractivity contribution in [3.8, 4) is 16.3 Å². The lowest BCUT2D eigenvalue weighted by Crippen LogP contribution is -2.35. The molecule has 1 aliphatic rings. The summed E-state index contributed by atoms with van der Waals surface area (Å²) in [5.74, 6) is -0.654. The molecule has 1 aliphatic heterocycles. The second kappa shape index (κ2) is 9.86. The van der Waals surface area contributed by atoms with Gasteiger partial charge in [0.1, 0.15) is 10.8 Å². The fourth-order valence-corrected chi connectivity index (χ4v) is 4.21. The van der Waals surface area contributed by atoms with E-state index >= 15 is 0 Å². The zero-order valence-corrected chi connectivity index (χ0v) is 18.0. The minimum absolute atomic E-state index is 0.00416. The van der Waals surface area contributed by atoms with Crippen LogP contribution in [0.25, 0.3) is 10.6 Å². The topological polar surface area (TPSA) is 118 Å². The molecule has 9 nitrogen and oxygen atoms in total. The van der Waals surface area contributed by atoms with E-state index in [2.05, 4.69) is 27.3 Å². The Hall–Kier alpha value is -3.34. The number of anilines is 1. The van der Waals surface area contributed by atoms with Crippen molar-refractivity contribution in [2.45, 2.75) is 13.0 Å². The number of carbonyl (C=O) groups excluding carboxylic acids is 1. The summed E-state index contributed by atoms with van der Waals surface area (Å²) in [6.45, 7) is 4.31. The first-order valence-corrected chi connectivity index (χ1v) is 11.0. The van der Waals surface area contributed by atoms with Crippen molar-refractivity contribution < 1.29 is 19.6 Å². The Labute approximate surface area is 188 Å². The van der Waals surface area contributed by atoms with E-state index < -0.39 is 10.8 Å². The van der Waals surface area contributed by atoms with Crippen molar-refractivity contribution in [1.29, 1.82) is 0 Å². The van der Waals surface area contributed by atoms with Crippen molar-refractivity contribution in [3.05, 3.63) is 69.2 Å². The van der Waals surface area contributed by atoms with Crippen LogP contribution in [0.1, 0.15) is 11.3 Å². The first kappa shape index (κ1) is 21.9. The van der Waals surface area contributed by atoms with Gasteiger partial charge in [-0.3, -0.25) is 19.8 Å². The summed E-state index contributed by atoms with van der Waals surface area (Å²) in [5, 5.41) is 25.9. The average molecular weight is 455 g/mol. The van der Waals surface area contributed by atoms with Crippen LogP contribution in [-0.2, 0) is 22.5 Å². The summed E-state index contributed by atoms with van der Waals surface area (Å²) >= 11 is 1.45. The number of nitro groups is 1. The molecule has 0 unspecified atom stereocenters. The largest absolute Gasteiger partial charge is 0.506 e. The number of hydrogen-bond acceptors (Lipinski definition) is 8. The smallest absolute Gasteiger partial charge is 0.271 e. The maximum Gasteiger partial charge on any atom is 0.271 e. The van der Waals surface area contributed by atoms with Crippen LogP contribution in [0, 0.1) is 10.1 Å². The van der Waals surface area contributed by atoms with Gasteiger partial charge in [0.15, 0.2) is 0 Å². The molecule has 2 aromatic carbocycles. The molecule has 10 heteroatoms. The van der Waals surface area contributed by atoms with E-state index in [1.54, 1.807) is 0 Å². The monoisotopic (exact) mass is 454 g/mol. The number of benzene rings is 2. The fraction of sp³-hybridized carbons (Fsp3) is 0.273. The number of phenolic OH excluding ortho intramolecular Hbond substituents is 1. The highest BCUT2D eigenvalue weighted by Crippen LogP contribution is 2.28. The van der Waals surface area contributed by atoms with Crippen LogP contribution < -0.4 is 5.32 Å². The number of rotatable bonds is 7. The molecule has 0 aliphatic carbocycles. The minimum Gasteiger partial charge on any atom is -0.506 e. The van der Waals surface area contributed by atoms with Crippen LogP contribution in [-0.4, -0.2) is 52.1 Å². The van der Waals surface area contributed by atoms with Crippen LogP contribution in [0.15, 0.2) is 47.8 Å². The van der Waals surface area contributed by atoms with E-state index in [4.69, 9.17) is 4.74 Å². The third-order valence-electron chi connectivity index (χ3n) is 5.07. The van der Waals surface area contributed by atoms with Crippen molar-refractivity contribution >= 4 is 28.6 Å². The van der Waals surface area contributed by atoms with Crippen molar-refractivity contribution in [1.82, 2.24) is 9.88 Å². The summed E-state index contributed by atoms with van der Waals surface area (Å²) in [4.78, 5) is 29.6. The molecular formula is C22H22N4O5S. The summed E-state index contributed by atoms with van der Waals surface area (Å²) in [5.41, 5.74) is 2.57. The maximum atomic E-state index is 12.4. The molecule has 1 fully saturated rings. The van der Waals surface area contributed by atoms with E-state index in [0.717, 1.165) is 49.5 Å². The molecule has 1 saturated heterocycles. The highest BCUT2D eigenvalue weighted by molar-refractivity contribution is 7.13. The Bertz CT molecular complexity index is 1110. The SMILES string of the molecule is O=C(Cc1csc(-c2ccc(CN3CCOCC3)cc2)n1)Nc1cc([N+](=O)[O-])ccc1O. The number of phenols is 1. The zero-order valence-electron chi connectivity index (χ0n) is 17.2. The third-order valence-corrected chi connectivity index (χ3v) is 6.01. The highest BCUT2D eigenvalue weighted by Gasteiger charge is 2.15. The number of aromatic hydroxyl groups is 1. The van der Waals surface area contributed by atoms with E-state index in [9.17, 15) is 20.0 Å². The number of hydrogen-bond donors (Lipinski definition) is 2. The molecule has 166 valence electrons. The Kier molecular flexibility index (Phi) is 6.74. The number of aromatic nitrogens is 1. The maximum absolute atomic E-state index is 12.4. The number of thiazole rings is 1. The first-order chi connectivity index (χ1) is 15.5. The predicted octanol–water partition coefficient (Wildman–Crippen LogP) is 3.44. The molecule has 3 aromatic rings. The molecule has 2 heterocycles. The lowest BCUT2D eigenvalue weighted by atomic mass is 10.1. The Morgan fingerprint density at radius 1 is 1.22 bits per heavy atom. The molecular weight excluding hydrogens is 432 g/mol. The van der Waals surface area contributed by atoms with Gasteiger partial charge in [0.2, 0.25) is 5.91 Å². The quantitative estimate of drug-likeness (QED) is 0.319. The number of morpholine rings is 1. The number of ether oxygens (including phenoxy) is 1. The van der Waals surface area contributed by atoms with E-state index in [1.165, 1.54) is 29.0 Å². The van der Waals surface area contributed by atoms with E-state index in [1.807, 2.05) is 17.5 Å². The molecule has 0 saturated carbocycles. The number of amides is 1. The second-order valence-electron chi connectivity index (χ2n) is 7.41. The van der Waals surface area contributed by atoms with Gasteiger partial charge in [-0.15, -0.1) is 11.3 Å². The number of nitro benzene ring substituents is 1. The molecule has 32 heavy (non-hydrogen) atoms. The van der Waals surface area contributed by atoms with Crippen LogP contribution in [0.2, 0.25) is 0 Å².